The third-order valence-electron chi connectivity index (χ3n) is 2.48. The molecule has 1 N–H and O–H groups in total. The van der Waals surface area contributed by atoms with E-state index in [0.717, 1.165) is 6.54 Å². The maximum Gasteiger partial charge on any atom is 0.0161 e. The van der Waals surface area contributed by atoms with Gasteiger partial charge in [0, 0.05) is 11.8 Å². The molecule has 0 bridgehead atoms. The summed E-state index contributed by atoms with van der Waals surface area (Å²) in [5, 5.41) is 3.53. The second-order valence-electron chi connectivity index (χ2n) is 3.73. The molecule has 0 aliphatic heterocycles. The molecule has 84 valence electrons. The van der Waals surface area contributed by atoms with Gasteiger partial charge in [-0.25, -0.2) is 0 Å². The van der Waals surface area contributed by atoms with E-state index in [2.05, 4.69) is 48.8 Å². The van der Waals surface area contributed by atoms with Crippen molar-refractivity contribution in [3.8, 4) is 0 Å². The SMILES string of the molecule is CCNC(CCc1ccccc1)CSC. The highest BCUT2D eigenvalue weighted by molar-refractivity contribution is 7.98. The Labute approximate surface area is 97.7 Å². The summed E-state index contributed by atoms with van der Waals surface area (Å²) in [6.45, 7) is 3.25. The number of nitrogens with one attached hydrogen (secondary N) is 1. The minimum atomic E-state index is 0.658. The fourth-order valence-electron chi connectivity index (χ4n) is 1.72. The van der Waals surface area contributed by atoms with Crippen LogP contribution in [0.1, 0.15) is 18.9 Å². The van der Waals surface area contributed by atoms with Crippen LogP contribution in [0.25, 0.3) is 0 Å². The summed E-state index contributed by atoms with van der Waals surface area (Å²) in [4.78, 5) is 0. The molecule has 0 spiro atoms. The molecule has 0 aliphatic rings. The Hall–Kier alpha value is -0.470. The molecule has 1 aromatic carbocycles. The van der Waals surface area contributed by atoms with Gasteiger partial charge < -0.3 is 5.32 Å². The molecule has 0 fully saturated rings. The molecule has 0 saturated heterocycles. The molecule has 15 heavy (non-hydrogen) atoms. The third-order valence-corrected chi connectivity index (χ3v) is 3.22. The van der Waals surface area contributed by atoms with Crippen molar-refractivity contribution in [1.29, 1.82) is 0 Å². The molecule has 1 aromatic rings. The quantitative estimate of drug-likeness (QED) is 0.763. The van der Waals surface area contributed by atoms with Crippen LogP contribution < -0.4 is 5.32 Å². The Kier molecular flexibility index (Phi) is 6.53. The molecule has 1 rings (SSSR count). The smallest absolute Gasteiger partial charge is 0.0161 e. The summed E-state index contributed by atoms with van der Waals surface area (Å²) >= 11 is 1.92. The lowest BCUT2D eigenvalue weighted by molar-refractivity contribution is 0.538. The first-order valence-electron chi connectivity index (χ1n) is 5.63. The average Bonchev–Trinajstić information content (AvgIpc) is 2.28. The second kappa shape index (κ2) is 7.77. The van der Waals surface area contributed by atoms with Gasteiger partial charge in [-0.1, -0.05) is 37.3 Å². The van der Waals surface area contributed by atoms with Gasteiger partial charge in [-0.3, -0.25) is 0 Å². The highest BCUT2D eigenvalue weighted by atomic mass is 32.2. The first-order chi connectivity index (χ1) is 7.36. The Morgan fingerprint density at radius 3 is 2.60 bits per heavy atom. The van der Waals surface area contributed by atoms with E-state index in [-0.39, 0.29) is 0 Å². The first kappa shape index (κ1) is 12.6. The van der Waals surface area contributed by atoms with Crippen LogP contribution in [0.3, 0.4) is 0 Å². The lowest BCUT2D eigenvalue weighted by Gasteiger charge is -2.16. The Bertz CT molecular complexity index is 242. The van der Waals surface area contributed by atoms with Gasteiger partial charge in [-0.05, 0) is 31.2 Å². The van der Waals surface area contributed by atoms with Crippen LogP contribution in [0.15, 0.2) is 30.3 Å². The lowest BCUT2D eigenvalue weighted by Crippen LogP contribution is -2.31. The summed E-state index contributed by atoms with van der Waals surface area (Å²) in [5.41, 5.74) is 1.45. The van der Waals surface area contributed by atoms with Gasteiger partial charge in [0.15, 0.2) is 0 Å². The minimum Gasteiger partial charge on any atom is -0.313 e. The summed E-state index contributed by atoms with van der Waals surface area (Å²) in [6, 6.07) is 11.4. The first-order valence-corrected chi connectivity index (χ1v) is 7.02. The molecular weight excluding hydrogens is 202 g/mol. The zero-order valence-electron chi connectivity index (χ0n) is 9.70. The van der Waals surface area contributed by atoms with Gasteiger partial charge in [0.2, 0.25) is 0 Å². The van der Waals surface area contributed by atoms with E-state index < -0.39 is 0 Å². The third kappa shape index (κ3) is 5.24. The van der Waals surface area contributed by atoms with Crippen molar-refractivity contribution in [3.63, 3.8) is 0 Å². The average molecular weight is 223 g/mol. The maximum atomic E-state index is 3.53. The van der Waals surface area contributed by atoms with Gasteiger partial charge >= 0.3 is 0 Å². The van der Waals surface area contributed by atoms with E-state index in [1.165, 1.54) is 24.2 Å². The largest absolute Gasteiger partial charge is 0.313 e. The molecule has 2 heteroatoms. The van der Waals surface area contributed by atoms with Crippen molar-refractivity contribution >= 4 is 11.8 Å². The highest BCUT2D eigenvalue weighted by Gasteiger charge is 2.05. The van der Waals surface area contributed by atoms with Crippen LogP contribution in [-0.2, 0) is 6.42 Å². The van der Waals surface area contributed by atoms with E-state index in [4.69, 9.17) is 0 Å². The van der Waals surface area contributed by atoms with Gasteiger partial charge in [-0.15, -0.1) is 0 Å². The van der Waals surface area contributed by atoms with E-state index in [0.29, 0.717) is 6.04 Å². The van der Waals surface area contributed by atoms with Crippen molar-refractivity contribution in [2.75, 3.05) is 18.6 Å². The van der Waals surface area contributed by atoms with Gasteiger partial charge in [-0.2, -0.15) is 11.8 Å². The minimum absolute atomic E-state index is 0.658. The standard InChI is InChI=1S/C13H21NS/c1-3-14-13(11-15-2)10-9-12-7-5-4-6-8-12/h4-8,13-14H,3,9-11H2,1-2H3. The predicted octanol–water partition coefficient (Wildman–Crippen LogP) is 2.96. The van der Waals surface area contributed by atoms with Crippen LogP contribution in [0.4, 0.5) is 0 Å². The molecule has 0 saturated carbocycles. The molecule has 0 aliphatic carbocycles. The maximum absolute atomic E-state index is 3.53. The molecular formula is C13H21NS. The molecule has 0 radical (unpaired) electrons. The van der Waals surface area contributed by atoms with Crippen molar-refractivity contribution in [2.24, 2.45) is 0 Å². The Balaban J connectivity index is 2.33. The van der Waals surface area contributed by atoms with Gasteiger partial charge in [0.1, 0.15) is 0 Å². The number of benzene rings is 1. The van der Waals surface area contributed by atoms with Gasteiger partial charge in [0.25, 0.3) is 0 Å². The van der Waals surface area contributed by atoms with Crippen LogP contribution >= 0.6 is 11.8 Å². The fourth-order valence-corrected chi connectivity index (χ4v) is 2.41. The molecule has 1 nitrogen and oxygen atoms in total. The number of aryl methyl sites for hydroxylation is 1. The number of thioether (sulfide) groups is 1. The Morgan fingerprint density at radius 2 is 2.00 bits per heavy atom. The van der Waals surface area contributed by atoms with Crippen LogP contribution in [0.5, 0.6) is 0 Å². The van der Waals surface area contributed by atoms with Crippen LogP contribution in [0, 0.1) is 0 Å². The van der Waals surface area contributed by atoms with Crippen molar-refractivity contribution in [1.82, 2.24) is 5.32 Å². The van der Waals surface area contributed by atoms with Crippen molar-refractivity contribution in [2.45, 2.75) is 25.8 Å². The summed E-state index contributed by atoms with van der Waals surface area (Å²) in [7, 11) is 0. The van der Waals surface area contributed by atoms with Crippen LogP contribution in [0.2, 0.25) is 0 Å². The topological polar surface area (TPSA) is 12.0 Å². The normalized spacial score (nSPS) is 12.7. The van der Waals surface area contributed by atoms with E-state index in [1.807, 2.05) is 11.8 Å². The number of rotatable bonds is 7. The highest BCUT2D eigenvalue weighted by Crippen LogP contribution is 2.08. The molecule has 1 unspecified atom stereocenters. The summed E-state index contributed by atoms with van der Waals surface area (Å²) < 4.78 is 0. The van der Waals surface area contributed by atoms with E-state index >= 15 is 0 Å². The zero-order chi connectivity index (χ0) is 10.9. The monoisotopic (exact) mass is 223 g/mol. The van der Waals surface area contributed by atoms with Gasteiger partial charge in [0.05, 0.1) is 0 Å². The predicted molar refractivity (Wildman–Crippen MR) is 70.6 cm³/mol. The molecule has 0 aromatic heterocycles. The Morgan fingerprint density at radius 1 is 1.27 bits per heavy atom. The van der Waals surface area contributed by atoms with E-state index in [1.54, 1.807) is 0 Å². The lowest BCUT2D eigenvalue weighted by atomic mass is 10.1. The number of hydrogen-bond acceptors (Lipinski definition) is 2. The van der Waals surface area contributed by atoms with E-state index in [9.17, 15) is 0 Å². The second-order valence-corrected chi connectivity index (χ2v) is 4.64. The fraction of sp³-hybridized carbons (Fsp3) is 0.538. The molecule has 0 amide bonds. The summed E-state index contributed by atoms with van der Waals surface area (Å²) in [6.07, 6.45) is 4.59. The molecule has 0 heterocycles. The zero-order valence-corrected chi connectivity index (χ0v) is 10.5. The van der Waals surface area contributed by atoms with Crippen molar-refractivity contribution < 1.29 is 0 Å². The molecule has 1 atom stereocenters. The number of hydrogen-bond donors (Lipinski definition) is 1. The van der Waals surface area contributed by atoms with Crippen molar-refractivity contribution in [3.05, 3.63) is 35.9 Å². The summed E-state index contributed by atoms with van der Waals surface area (Å²) in [5.74, 6) is 1.21. The van der Waals surface area contributed by atoms with Crippen LogP contribution in [-0.4, -0.2) is 24.6 Å².